The summed E-state index contributed by atoms with van der Waals surface area (Å²) >= 11 is 0. The molecule has 0 aromatic carbocycles. The third-order valence-electron chi connectivity index (χ3n) is 2.58. The number of esters is 1. The van der Waals surface area contributed by atoms with Crippen LogP contribution in [0.1, 0.15) is 20.3 Å². The number of carbonyl (C=O) groups excluding carboxylic acids is 2. The molecule has 0 aliphatic heterocycles. The minimum atomic E-state index is -1.13. The van der Waals surface area contributed by atoms with E-state index in [4.69, 9.17) is 5.11 Å². The van der Waals surface area contributed by atoms with Crippen molar-refractivity contribution >= 4 is 17.8 Å². The van der Waals surface area contributed by atoms with Crippen molar-refractivity contribution in [2.24, 2.45) is 11.8 Å². The fourth-order valence-corrected chi connectivity index (χ4v) is 1.46. The molecule has 0 unspecified atom stereocenters. The van der Waals surface area contributed by atoms with E-state index in [0.29, 0.717) is 6.42 Å². The number of carbonyl (C=O) groups is 3. The third-order valence-corrected chi connectivity index (χ3v) is 2.58. The topological polar surface area (TPSA) is 92.7 Å². The number of aliphatic carboxylic acids is 1. The minimum absolute atomic E-state index is 0.332. The van der Waals surface area contributed by atoms with Gasteiger partial charge in [-0.05, 0) is 20.3 Å². The molecule has 1 saturated carbocycles. The van der Waals surface area contributed by atoms with E-state index >= 15 is 0 Å². The molecule has 0 radical (unpaired) electrons. The lowest BCUT2D eigenvalue weighted by Crippen LogP contribution is -2.51. The molecule has 0 aromatic rings. The fraction of sp³-hybridized carbons (Fsp3) is 0.700. The molecule has 1 aliphatic carbocycles. The van der Waals surface area contributed by atoms with Gasteiger partial charge >= 0.3 is 11.9 Å². The molecule has 0 bridgehead atoms. The molecule has 0 spiro atoms. The minimum Gasteiger partial charge on any atom is -0.481 e. The fourth-order valence-electron chi connectivity index (χ4n) is 1.46. The lowest BCUT2D eigenvalue weighted by Gasteiger charge is -2.23. The maximum atomic E-state index is 11.6. The Kier molecular flexibility index (Phi) is 3.21. The van der Waals surface area contributed by atoms with Crippen LogP contribution in [-0.4, -0.2) is 35.6 Å². The number of rotatable bonds is 4. The van der Waals surface area contributed by atoms with Gasteiger partial charge in [0.1, 0.15) is 5.54 Å². The summed E-state index contributed by atoms with van der Waals surface area (Å²) in [5.74, 6) is -3.10. The van der Waals surface area contributed by atoms with Gasteiger partial charge in [-0.15, -0.1) is 0 Å². The van der Waals surface area contributed by atoms with Gasteiger partial charge < -0.3 is 15.2 Å². The number of nitrogens with one attached hydrogen (secondary N) is 1. The molecule has 1 rings (SSSR count). The maximum Gasteiger partial charge on any atom is 0.330 e. The van der Waals surface area contributed by atoms with Crippen LogP contribution in [0.3, 0.4) is 0 Å². The average molecular weight is 229 g/mol. The van der Waals surface area contributed by atoms with Crippen molar-refractivity contribution in [3.63, 3.8) is 0 Å². The summed E-state index contributed by atoms with van der Waals surface area (Å²) in [6.45, 7) is 3.02. The Morgan fingerprint density at radius 2 is 1.88 bits per heavy atom. The SMILES string of the molecule is COC(=O)C(C)(C)NC(=O)[C@@H]1C[C@@H]1C(=O)O. The highest BCUT2D eigenvalue weighted by Gasteiger charge is 2.49. The van der Waals surface area contributed by atoms with Crippen molar-refractivity contribution in [3.8, 4) is 0 Å². The number of hydrogen-bond acceptors (Lipinski definition) is 4. The van der Waals surface area contributed by atoms with Crippen LogP contribution in [0.25, 0.3) is 0 Å². The Balaban J connectivity index is 2.53. The van der Waals surface area contributed by atoms with Crippen LogP contribution < -0.4 is 5.32 Å². The number of hydrogen-bond donors (Lipinski definition) is 2. The number of ether oxygens (including phenoxy) is 1. The van der Waals surface area contributed by atoms with Crippen molar-refractivity contribution in [2.75, 3.05) is 7.11 Å². The van der Waals surface area contributed by atoms with Crippen LogP contribution in [0.5, 0.6) is 0 Å². The summed E-state index contributed by atoms with van der Waals surface area (Å²) in [7, 11) is 1.23. The third kappa shape index (κ3) is 2.50. The van der Waals surface area contributed by atoms with E-state index in [9.17, 15) is 14.4 Å². The van der Waals surface area contributed by atoms with Crippen molar-refractivity contribution in [2.45, 2.75) is 25.8 Å². The van der Waals surface area contributed by atoms with E-state index < -0.39 is 35.2 Å². The van der Waals surface area contributed by atoms with Crippen molar-refractivity contribution in [1.29, 1.82) is 0 Å². The van der Waals surface area contributed by atoms with E-state index in [0.717, 1.165) is 0 Å². The molecule has 0 heterocycles. The van der Waals surface area contributed by atoms with Gasteiger partial charge in [-0.3, -0.25) is 9.59 Å². The van der Waals surface area contributed by atoms with Crippen molar-refractivity contribution in [3.05, 3.63) is 0 Å². The molecule has 2 atom stereocenters. The maximum absolute atomic E-state index is 11.6. The predicted octanol–water partition coefficient (Wildman–Crippen LogP) is -0.225. The first kappa shape index (κ1) is 12.5. The number of carboxylic acids is 1. The molecule has 1 aliphatic rings. The Morgan fingerprint density at radius 3 is 2.25 bits per heavy atom. The van der Waals surface area contributed by atoms with Gasteiger partial charge in [0.2, 0.25) is 5.91 Å². The van der Waals surface area contributed by atoms with Crippen molar-refractivity contribution < 1.29 is 24.2 Å². The second-order valence-electron chi connectivity index (χ2n) is 4.39. The van der Waals surface area contributed by atoms with Crippen LogP contribution in [-0.2, 0) is 19.1 Å². The summed E-state index contributed by atoms with van der Waals surface area (Å²) < 4.78 is 4.52. The Hall–Kier alpha value is -1.59. The number of amides is 1. The summed E-state index contributed by atoms with van der Waals surface area (Å²) in [6.07, 6.45) is 0.332. The van der Waals surface area contributed by atoms with E-state index in [1.807, 2.05) is 0 Å². The van der Waals surface area contributed by atoms with Crippen LogP contribution >= 0.6 is 0 Å². The van der Waals surface area contributed by atoms with Crippen LogP contribution in [0, 0.1) is 11.8 Å². The second kappa shape index (κ2) is 4.11. The lowest BCUT2D eigenvalue weighted by molar-refractivity contribution is -0.149. The van der Waals surface area contributed by atoms with Gasteiger partial charge in [-0.1, -0.05) is 0 Å². The zero-order valence-electron chi connectivity index (χ0n) is 9.44. The molecular formula is C10H15NO5. The van der Waals surface area contributed by atoms with Gasteiger partial charge in [0.25, 0.3) is 0 Å². The summed E-state index contributed by atoms with van der Waals surface area (Å²) in [4.78, 5) is 33.4. The van der Waals surface area contributed by atoms with E-state index in [2.05, 4.69) is 10.1 Å². The summed E-state index contributed by atoms with van der Waals surface area (Å²) in [5.41, 5.74) is -1.13. The predicted molar refractivity (Wildman–Crippen MR) is 53.5 cm³/mol. The van der Waals surface area contributed by atoms with E-state index in [-0.39, 0.29) is 0 Å². The number of methoxy groups -OCH3 is 1. The van der Waals surface area contributed by atoms with Gasteiger partial charge in [0.15, 0.2) is 0 Å². The normalized spacial score (nSPS) is 23.4. The highest BCUT2D eigenvalue weighted by atomic mass is 16.5. The molecule has 2 N–H and O–H groups in total. The molecule has 0 aromatic heterocycles. The largest absolute Gasteiger partial charge is 0.481 e. The van der Waals surface area contributed by atoms with Gasteiger partial charge in [-0.25, -0.2) is 4.79 Å². The molecule has 1 fully saturated rings. The molecule has 6 nitrogen and oxygen atoms in total. The second-order valence-corrected chi connectivity index (χ2v) is 4.39. The van der Waals surface area contributed by atoms with E-state index in [1.165, 1.54) is 21.0 Å². The molecule has 16 heavy (non-hydrogen) atoms. The van der Waals surface area contributed by atoms with Crippen molar-refractivity contribution in [1.82, 2.24) is 5.32 Å². The zero-order chi connectivity index (χ0) is 12.5. The first-order chi connectivity index (χ1) is 7.29. The van der Waals surface area contributed by atoms with E-state index in [1.54, 1.807) is 0 Å². The highest BCUT2D eigenvalue weighted by Crippen LogP contribution is 2.39. The van der Waals surface area contributed by atoms with Gasteiger partial charge in [-0.2, -0.15) is 0 Å². The smallest absolute Gasteiger partial charge is 0.330 e. The Morgan fingerprint density at radius 1 is 1.31 bits per heavy atom. The quantitative estimate of drug-likeness (QED) is 0.650. The van der Waals surface area contributed by atoms with Crippen LogP contribution in [0.4, 0.5) is 0 Å². The van der Waals surface area contributed by atoms with Gasteiger partial charge in [0, 0.05) is 0 Å². The van der Waals surface area contributed by atoms with Gasteiger partial charge in [0.05, 0.1) is 18.9 Å². The Labute approximate surface area is 93.0 Å². The first-order valence-electron chi connectivity index (χ1n) is 4.93. The highest BCUT2D eigenvalue weighted by molar-refractivity contribution is 5.93. The molecule has 90 valence electrons. The zero-order valence-corrected chi connectivity index (χ0v) is 9.44. The van der Waals surface area contributed by atoms with Crippen LogP contribution in [0.2, 0.25) is 0 Å². The lowest BCUT2D eigenvalue weighted by atomic mass is 10.1. The van der Waals surface area contributed by atoms with Crippen LogP contribution in [0.15, 0.2) is 0 Å². The molecule has 1 amide bonds. The summed E-state index contributed by atoms with van der Waals surface area (Å²) in [6, 6.07) is 0. The Bertz CT molecular complexity index is 336. The average Bonchev–Trinajstić information content (AvgIpc) is 2.94. The molecule has 0 saturated heterocycles. The molecule has 6 heteroatoms. The monoisotopic (exact) mass is 229 g/mol. The number of carboxylic acid groups (broad SMARTS) is 1. The first-order valence-corrected chi connectivity index (χ1v) is 4.93. The summed E-state index contributed by atoms with van der Waals surface area (Å²) in [5, 5.41) is 11.1. The molecular weight excluding hydrogens is 214 g/mol. The standard InChI is InChI=1S/C10H15NO5/c1-10(2,9(15)16-3)11-7(12)5-4-6(5)8(13)14/h5-6H,4H2,1-3H3,(H,11,12)(H,13,14)/t5-,6+/m1/s1.